The fourth-order valence-electron chi connectivity index (χ4n) is 3.32. The molecule has 3 rings (SSSR count). The second kappa shape index (κ2) is 8.52. The minimum Gasteiger partial charge on any atom is -0.351 e. The normalized spacial score (nSPS) is 15.5. The molecule has 3 heterocycles. The van der Waals surface area contributed by atoms with E-state index in [-0.39, 0.29) is 11.8 Å². The van der Waals surface area contributed by atoms with Crippen molar-refractivity contribution < 1.29 is 9.59 Å². The third-order valence-corrected chi connectivity index (χ3v) is 5.07. The van der Waals surface area contributed by atoms with E-state index in [1.165, 1.54) is 0 Å². The van der Waals surface area contributed by atoms with Crippen molar-refractivity contribution in [2.24, 2.45) is 5.92 Å². The zero-order valence-corrected chi connectivity index (χ0v) is 16.4. The lowest BCUT2D eigenvalue weighted by molar-refractivity contribution is 0.0630. The van der Waals surface area contributed by atoms with Crippen LogP contribution in [0.25, 0.3) is 5.52 Å². The molecule has 0 aromatic carbocycles. The highest BCUT2D eigenvalue weighted by Gasteiger charge is 2.27. The SMILES string of the molecule is CCN1CCN(C(=O)c2nc(C(=O)NCCC(C)C)c3ccccn23)CC1. The smallest absolute Gasteiger partial charge is 0.290 e. The van der Waals surface area contributed by atoms with Crippen molar-refractivity contribution in [3.8, 4) is 0 Å². The van der Waals surface area contributed by atoms with E-state index in [1.807, 2.05) is 23.1 Å². The average Bonchev–Trinajstić information content (AvgIpc) is 3.07. The Kier molecular flexibility index (Phi) is 6.11. The average molecular weight is 371 g/mol. The van der Waals surface area contributed by atoms with E-state index in [4.69, 9.17) is 0 Å². The number of likely N-dealkylation sites (N-methyl/N-ethyl adjacent to an activating group) is 1. The van der Waals surface area contributed by atoms with E-state index in [1.54, 1.807) is 10.6 Å². The van der Waals surface area contributed by atoms with Crippen molar-refractivity contribution in [1.29, 1.82) is 0 Å². The lowest BCUT2D eigenvalue weighted by Gasteiger charge is -2.33. The van der Waals surface area contributed by atoms with Crippen LogP contribution in [0.2, 0.25) is 0 Å². The van der Waals surface area contributed by atoms with Crippen LogP contribution < -0.4 is 5.32 Å². The summed E-state index contributed by atoms with van der Waals surface area (Å²) in [5.74, 6) is 0.481. The van der Waals surface area contributed by atoms with Crippen LogP contribution in [-0.4, -0.2) is 70.3 Å². The number of nitrogens with zero attached hydrogens (tertiary/aromatic N) is 4. The summed E-state index contributed by atoms with van der Waals surface area (Å²) in [6, 6.07) is 5.53. The third kappa shape index (κ3) is 4.30. The maximum atomic E-state index is 13.0. The molecule has 7 nitrogen and oxygen atoms in total. The summed E-state index contributed by atoms with van der Waals surface area (Å²) in [6.07, 6.45) is 2.70. The lowest BCUT2D eigenvalue weighted by Crippen LogP contribution is -2.48. The lowest BCUT2D eigenvalue weighted by atomic mass is 10.1. The van der Waals surface area contributed by atoms with Gasteiger partial charge >= 0.3 is 0 Å². The molecule has 0 saturated carbocycles. The van der Waals surface area contributed by atoms with Gasteiger partial charge in [-0.25, -0.2) is 4.98 Å². The number of pyridine rings is 1. The van der Waals surface area contributed by atoms with Gasteiger partial charge in [0.25, 0.3) is 11.8 Å². The molecule has 2 amide bonds. The number of hydrogen-bond donors (Lipinski definition) is 1. The molecule has 1 aliphatic heterocycles. The molecule has 0 aliphatic carbocycles. The van der Waals surface area contributed by atoms with Gasteiger partial charge in [0.2, 0.25) is 5.82 Å². The first-order chi connectivity index (χ1) is 13.0. The van der Waals surface area contributed by atoms with Gasteiger partial charge in [0.15, 0.2) is 5.69 Å². The Hall–Kier alpha value is -2.41. The topological polar surface area (TPSA) is 69.9 Å². The molecule has 0 unspecified atom stereocenters. The number of rotatable bonds is 6. The first-order valence-corrected chi connectivity index (χ1v) is 9.78. The summed E-state index contributed by atoms with van der Waals surface area (Å²) < 4.78 is 1.73. The van der Waals surface area contributed by atoms with Gasteiger partial charge in [-0.15, -0.1) is 0 Å². The molecule has 1 N–H and O–H groups in total. The molecule has 7 heteroatoms. The molecule has 1 saturated heterocycles. The first kappa shape index (κ1) is 19.4. The largest absolute Gasteiger partial charge is 0.351 e. The van der Waals surface area contributed by atoms with Gasteiger partial charge in [-0.3, -0.25) is 14.0 Å². The third-order valence-electron chi connectivity index (χ3n) is 5.07. The number of aromatic nitrogens is 2. The summed E-state index contributed by atoms with van der Waals surface area (Å²) in [4.78, 5) is 34.3. The fourth-order valence-corrected chi connectivity index (χ4v) is 3.32. The molecule has 0 atom stereocenters. The summed E-state index contributed by atoms with van der Waals surface area (Å²) in [6.45, 7) is 11.1. The van der Waals surface area contributed by atoms with Crippen LogP contribution in [0.15, 0.2) is 24.4 Å². The second-order valence-electron chi connectivity index (χ2n) is 7.40. The van der Waals surface area contributed by atoms with Crippen molar-refractivity contribution in [2.45, 2.75) is 27.2 Å². The maximum Gasteiger partial charge on any atom is 0.290 e. The number of nitrogens with one attached hydrogen (secondary N) is 1. The molecular weight excluding hydrogens is 342 g/mol. The maximum absolute atomic E-state index is 13.0. The Labute approximate surface area is 160 Å². The van der Waals surface area contributed by atoms with Gasteiger partial charge in [-0.2, -0.15) is 0 Å². The standard InChI is InChI=1S/C20H29N5O2/c1-4-23-11-13-24(14-12-23)20(27)18-22-17(16-7-5-6-10-25(16)18)19(26)21-9-8-15(2)3/h5-7,10,15H,4,8-9,11-14H2,1-3H3,(H,21,26). The van der Waals surface area contributed by atoms with E-state index < -0.39 is 0 Å². The second-order valence-corrected chi connectivity index (χ2v) is 7.40. The summed E-state index contributed by atoms with van der Waals surface area (Å²) in [5, 5.41) is 2.92. The Bertz CT molecular complexity index is 806. The molecule has 1 fully saturated rings. The number of amides is 2. The number of imidazole rings is 1. The van der Waals surface area contributed by atoms with Crippen molar-refractivity contribution in [3.63, 3.8) is 0 Å². The van der Waals surface area contributed by atoms with Gasteiger partial charge < -0.3 is 15.1 Å². The number of fused-ring (bicyclic) bond motifs is 1. The first-order valence-electron chi connectivity index (χ1n) is 9.78. The summed E-state index contributed by atoms with van der Waals surface area (Å²) in [5.41, 5.74) is 0.977. The zero-order chi connectivity index (χ0) is 19.4. The predicted molar refractivity (Wildman–Crippen MR) is 105 cm³/mol. The van der Waals surface area contributed by atoms with Crippen LogP contribution in [0.3, 0.4) is 0 Å². The Morgan fingerprint density at radius 3 is 2.59 bits per heavy atom. The number of piperazine rings is 1. The molecule has 2 aromatic heterocycles. The Balaban J connectivity index is 1.82. The van der Waals surface area contributed by atoms with Gasteiger partial charge in [0, 0.05) is 38.9 Å². The number of carbonyl (C=O) groups excluding carboxylic acids is 2. The minimum atomic E-state index is -0.228. The Morgan fingerprint density at radius 2 is 1.93 bits per heavy atom. The van der Waals surface area contributed by atoms with Crippen molar-refractivity contribution in [2.75, 3.05) is 39.3 Å². The van der Waals surface area contributed by atoms with E-state index in [2.05, 4.69) is 36.0 Å². The van der Waals surface area contributed by atoms with Gasteiger partial charge in [-0.1, -0.05) is 26.8 Å². The molecule has 146 valence electrons. The van der Waals surface area contributed by atoms with Crippen molar-refractivity contribution in [3.05, 3.63) is 35.9 Å². The number of carbonyl (C=O) groups is 2. The van der Waals surface area contributed by atoms with E-state index in [0.717, 1.165) is 26.1 Å². The van der Waals surface area contributed by atoms with Crippen LogP contribution in [0.1, 0.15) is 48.3 Å². The van der Waals surface area contributed by atoms with Gasteiger partial charge in [0.05, 0.1) is 5.52 Å². The van der Waals surface area contributed by atoms with Crippen LogP contribution in [0, 0.1) is 5.92 Å². The highest BCUT2D eigenvalue weighted by Crippen LogP contribution is 2.16. The molecular formula is C20H29N5O2. The van der Waals surface area contributed by atoms with Gasteiger partial charge in [0.1, 0.15) is 0 Å². The van der Waals surface area contributed by atoms with Crippen LogP contribution in [-0.2, 0) is 0 Å². The molecule has 0 bridgehead atoms. The zero-order valence-electron chi connectivity index (χ0n) is 16.4. The molecule has 2 aromatic rings. The molecule has 0 spiro atoms. The van der Waals surface area contributed by atoms with Gasteiger partial charge in [-0.05, 0) is 31.0 Å². The predicted octanol–water partition coefficient (Wildman–Crippen LogP) is 1.89. The molecule has 0 radical (unpaired) electrons. The minimum absolute atomic E-state index is 0.117. The number of hydrogen-bond acceptors (Lipinski definition) is 4. The van der Waals surface area contributed by atoms with E-state index >= 15 is 0 Å². The fraction of sp³-hybridized carbons (Fsp3) is 0.550. The summed E-state index contributed by atoms with van der Waals surface area (Å²) in [7, 11) is 0. The molecule has 1 aliphatic rings. The summed E-state index contributed by atoms with van der Waals surface area (Å²) >= 11 is 0. The highest BCUT2D eigenvalue weighted by molar-refractivity contribution is 6.02. The van der Waals surface area contributed by atoms with Crippen molar-refractivity contribution in [1.82, 2.24) is 24.5 Å². The van der Waals surface area contributed by atoms with E-state index in [9.17, 15) is 9.59 Å². The van der Waals surface area contributed by atoms with Crippen molar-refractivity contribution >= 4 is 17.3 Å². The monoisotopic (exact) mass is 371 g/mol. The van der Waals surface area contributed by atoms with Crippen LogP contribution >= 0.6 is 0 Å². The Morgan fingerprint density at radius 1 is 1.19 bits per heavy atom. The highest BCUT2D eigenvalue weighted by atomic mass is 16.2. The quantitative estimate of drug-likeness (QED) is 0.842. The van der Waals surface area contributed by atoms with Crippen LogP contribution in [0.4, 0.5) is 0 Å². The van der Waals surface area contributed by atoms with Crippen LogP contribution in [0.5, 0.6) is 0 Å². The molecule has 27 heavy (non-hydrogen) atoms. The van der Waals surface area contributed by atoms with E-state index in [0.29, 0.717) is 42.6 Å².